The molecular formula is C38H49N5O8S. The van der Waals surface area contributed by atoms with Crippen LogP contribution in [0.25, 0.3) is 10.9 Å². The Bertz CT molecular complexity index is 1850. The molecule has 5 aliphatic rings. The van der Waals surface area contributed by atoms with Gasteiger partial charge in [-0.05, 0) is 89.2 Å². The van der Waals surface area contributed by atoms with Crippen molar-refractivity contribution in [2.24, 2.45) is 11.8 Å². The second-order valence-corrected chi connectivity index (χ2v) is 17.2. The Hall–Kier alpha value is -4.20. The molecule has 0 spiro atoms. The summed E-state index contributed by atoms with van der Waals surface area (Å²) in [5.74, 6) is -1.58. The predicted molar refractivity (Wildman–Crippen MR) is 193 cm³/mol. The summed E-state index contributed by atoms with van der Waals surface area (Å²) in [4.78, 5) is 61.5. The summed E-state index contributed by atoms with van der Waals surface area (Å²) in [5.41, 5.74) is 0.124. The van der Waals surface area contributed by atoms with Gasteiger partial charge in [-0.1, -0.05) is 37.1 Å². The smallest absolute Gasteiger partial charge is 0.408 e. The lowest BCUT2D eigenvalue weighted by atomic mass is 9.66. The topological polar surface area (TPSA) is 173 Å². The van der Waals surface area contributed by atoms with Gasteiger partial charge in [-0.3, -0.25) is 19.1 Å². The summed E-state index contributed by atoms with van der Waals surface area (Å²) in [6.45, 7) is 5.43. The Morgan fingerprint density at radius 3 is 2.58 bits per heavy atom. The third-order valence-corrected chi connectivity index (χ3v) is 13.5. The summed E-state index contributed by atoms with van der Waals surface area (Å²) >= 11 is 0. The number of hydrogen-bond acceptors (Lipinski definition) is 9. The first-order valence-corrected chi connectivity index (χ1v) is 20.4. The van der Waals surface area contributed by atoms with Gasteiger partial charge < -0.3 is 25.0 Å². The minimum absolute atomic E-state index is 0.0368. The lowest BCUT2D eigenvalue weighted by Crippen LogP contribution is -2.70. The summed E-state index contributed by atoms with van der Waals surface area (Å²) in [5, 5.41) is 5.84. The van der Waals surface area contributed by atoms with Crippen molar-refractivity contribution in [3.63, 3.8) is 0 Å². The number of sulfonamides is 1. The molecule has 280 valence electrons. The van der Waals surface area contributed by atoms with E-state index in [-0.39, 0.29) is 31.4 Å². The zero-order chi connectivity index (χ0) is 36.6. The van der Waals surface area contributed by atoms with Gasteiger partial charge in [0.2, 0.25) is 21.8 Å². The first-order valence-electron chi connectivity index (χ1n) is 18.8. The zero-order valence-electron chi connectivity index (χ0n) is 29.7. The van der Waals surface area contributed by atoms with Crippen LogP contribution in [0.1, 0.15) is 89.7 Å². The highest BCUT2D eigenvalue weighted by atomic mass is 32.2. The molecule has 3 N–H and O–H groups in total. The highest BCUT2D eigenvalue weighted by Gasteiger charge is 2.56. The molecule has 14 heteroatoms. The predicted octanol–water partition coefficient (Wildman–Crippen LogP) is 4.04. The fraction of sp³-hybridized carbons (Fsp3) is 0.605. The Labute approximate surface area is 304 Å². The van der Waals surface area contributed by atoms with Crippen molar-refractivity contribution in [3.05, 3.63) is 48.7 Å². The third-order valence-electron chi connectivity index (χ3n) is 11.7. The number of nitrogens with zero attached hydrogens (tertiary/aromatic N) is 2. The van der Waals surface area contributed by atoms with Crippen LogP contribution in [0.2, 0.25) is 0 Å². The maximum absolute atomic E-state index is 14.3. The van der Waals surface area contributed by atoms with Crippen molar-refractivity contribution < 1.29 is 37.1 Å². The van der Waals surface area contributed by atoms with E-state index in [9.17, 15) is 27.6 Å². The fourth-order valence-electron chi connectivity index (χ4n) is 8.39. The van der Waals surface area contributed by atoms with Crippen LogP contribution in [0, 0.1) is 11.8 Å². The van der Waals surface area contributed by atoms with Gasteiger partial charge >= 0.3 is 6.09 Å². The van der Waals surface area contributed by atoms with E-state index in [1.54, 1.807) is 13.0 Å². The van der Waals surface area contributed by atoms with E-state index in [2.05, 4.69) is 21.9 Å². The number of hydrogen-bond donors (Lipinski definition) is 3. The molecule has 4 amide bonds. The maximum Gasteiger partial charge on any atom is 0.408 e. The molecule has 2 bridgehead atoms. The number of amides is 4. The molecule has 0 radical (unpaired) electrons. The zero-order valence-corrected chi connectivity index (χ0v) is 30.5. The normalized spacial score (nSPS) is 31.4. The Balaban J connectivity index is 1.18. The van der Waals surface area contributed by atoms with E-state index >= 15 is 0 Å². The van der Waals surface area contributed by atoms with Gasteiger partial charge in [-0.15, -0.1) is 6.58 Å². The molecule has 7 rings (SSSR count). The van der Waals surface area contributed by atoms with Crippen molar-refractivity contribution in [3.8, 4) is 5.75 Å². The van der Waals surface area contributed by atoms with Crippen LogP contribution in [0.3, 0.4) is 0 Å². The first-order chi connectivity index (χ1) is 25.0. The highest BCUT2D eigenvalue weighted by molar-refractivity contribution is 7.91. The van der Waals surface area contributed by atoms with Gasteiger partial charge in [-0.25, -0.2) is 18.2 Å². The largest absolute Gasteiger partial charge is 0.487 e. The molecule has 1 aromatic heterocycles. The Kier molecular flexibility index (Phi) is 10.2. The summed E-state index contributed by atoms with van der Waals surface area (Å²) < 4.78 is 40.2. The molecule has 4 fully saturated rings. The standard InChI is InChI=1S/C38H49N5O8S/c1-3-26-18-19-38(26,36(46)42-52(48,49)28-16-17-28)41-34(44)31-21-27-22-43(31)35(45)23(2)39-37(47)51-32-15-9-12-24(32)10-5-4-6-14-30-33(50-27)20-25-11-7-8-13-29(25)40-30/h3,7-8,11,13,20,23-24,26-28,31-32H,1,4-6,9-10,12,14-19,21-22H2,2H3,(H,39,47)(H,41,44)(H,42,46). The van der Waals surface area contributed by atoms with Crippen molar-refractivity contribution in [1.82, 2.24) is 25.2 Å². The molecule has 1 saturated heterocycles. The lowest BCUT2D eigenvalue weighted by molar-refractivity contribution is -0.144. The second kappa shape index (κ2) is 14.7. The molecule has 2 aliphatic heterocycles. The average Bonchev–Trinajstić information content (AvgIpc) is 3.76. The number of benzene rings is 1. The summed E-state index contributed by atoms with van der Waals surface area (Å²) in [7, 11) is -3.89. The molecule has 3 aliphatic carbocycles. The molecule has 3 heterocycles. The van der Waals surface area contributed by atoms with Crippen molar-refractivity contribution in [2.45, 2.75) is 125 Å². The van der Waals surface area contributed by atoms with Gasteiger partial charge in [0.05, 0.1) is 23.0 Å². The molecule has 2 aromatic rings. The molecule has 1 aromatic carbocycles. The number of carbonyl (C=O) groups is 4. The third kappa shape index (κ3) is 7.35. The number of ether oxygens (including phenoxy) is 2. The first kappa shape index (κ1) is 36.2. The van der Waals surface area contributed by atoms with Crippen molar-refractivity contribution >= 4 is 44.7 Å². The highest BCUT2D eigenvalue weighted by Crippen LogP contribution is 2.41. The molecular weight excluding hydrogens is 687 g/mol. The van der Waals surface area contributed by atoms with Crippen LogP contribution in [0.4, 0.5) is 4.79 Å². The minimum atomic E-state index is -3.89. The van der Waals surface area contributed by atoms with E-state index in [0.29, 0.717) is 31.4 Å². The molecule has 3 saturated carbocycles. The number of alkyl carbamates (subject to hydrolysis) is 1. The lowest BCUT2D eigenvalue weighted by Gasteiger charge is -2.47. The van der Waals surface area contributed by atoms with Gasteiger partial charge in [0.25, 0.3) is 5.91 Å². The van der Waals surface area contributed by atoms with E-state index in [1.807, 2.05) is 30.3 Å². The van der Waals surface area contributed by atoms with Crippen molar-refractivity contribution in [1.29, 1.82) is 0 Å². The van der Waals surface area contributed by atoms with Crippen LogP contribution in [-0.4, -0.2) is 83.7 Å². The molecule has 7 atom stereocenters. The average molecular weight is 736 g/mol. The molecule has 7 unspecified atom stereocenters. The summed E-state index contributed by atoms with van der Waals surface area (Å²) in [6, 6.07) is 7.66. The van der Waals surface area contributed by atoms with E-state index in [0.717, 1.165) is 61.5 Å². The fourth-order valence-corrected chi connectivity index (χ4v) is 9.76. The van der Waals surface area contributed by atoms with Gasteiger partial charge in [-0.2, -0.15) is 0 Å². The molecule has 52 heavy (non-hydrogen) atoms. The number of carbonyl (C=O) groups excluding carboxylic acids is 4. The van der Waals surface area contributed by atoms with E-state index < -0.39 is 68.7 Å². The number of pyridine rings is 1. The minimum Gasteiger partial charge on any atom is -0.487 e. The van der Waals surface area contributed by atoms with E-state index in [4.69, 9.17) is 14.5 Å². The number of fused-ring (bicyclic) bond motifs is 5. The van der Waals surface area contributed by atoms with Gasteiger partial charge in [0.1, 0.15) is 35.6 Å². The number of nitrogens with one attached hydrogen (secondary N) is 3. The number of para-hydroxylation sites is 1. The van der Waals surface area contributed by atoms with Crippen LogP contribution >= 0.6 is 0 Å². The second-order valence-electron chi connectivity index (χ2n) is 15.2. The number of aryl methyl sites for hydroxylation is 1. The van der Waals surface area contributed by atoms with Crippen LogP contribution in [-0.2, 0) is 35.6 Å². The maximum atomic E-state index is 14.3. The number of rotatable bonds is 6. The number of aromatic nitrogens is 1. The van der Waals surface area contributed by atoms with Crippen LogP contribution < -0.4 is 20.1 Å². The quantitative estimate of drug-likeness (QED) is 0.370. The van der Waals surface area contributed by atoms with Gasteiger partial charge in [0.15, 0.2) is 0 Å². The van der Waals surface area contributed by atoms with Crippen LogP contribution in [0.5, 0.6) is 5.75 Å². The monoisotopic (exact) mass is 735 g/mol. The molecule has 13 nitrogen and oxygen atoms in total. The Morgan fingerprint density at radius 1 is 1.04 bits per heavy atom. The van der Waals surface area contributed by atoms with Crippen molar-refractivity contribution in [2.75, 3.05) is 6.54 Å². The Morgan fingerprint density at radius 2 is 1.83 bits per heavy atom. The van der Waals surface area contributed by atoms with E-state index in [1.165, 1.54) is 4.90 Å². The van der Waals surface area contributed by atoms with Crippen LogP contribution in [0.15, 0.2) is 43.0 Å². The SMILES string of the molecule is C=CC1CCC1(NC(=O)C1CC2CN1C(=O)C(C)NC(=O)OC1CCCC1CCCCCc1nc3ccccc3cc1O2)C(=O)NS(=O)(=O)C1CC1. The van der Waals surface area contributed by atoms with Gasteiger partial charge in [0, 0.05) is 17.7 Å². The summed E-state index contributed by atoms with van der Waals surface area (Å²) in [6.07, 6.45) is 9.09.